The number of ketones is 1. The molecule has 0 amide bonds. The molecule has 274 valence electrons. The van der Waals surface area contributed by atoms with Gasteiger partial charge >= 0.3 is 18.1 Å². The zero-order valence-corrected chi connectivity index (χ0v) is 30.8. The van der Waals surface area contributed by atoms with Gasteiger partial charge in [0.25, 0.3) is 0 Å². The lowest BCUT2D eigenvalue weighted by Gasteiger charge is -2.71. The average molecular weight is 690 g/mol. The van der Waals surface area contributed by atoms with Gasteiger partial charge in [0.1, 0.15) is 0 Å². The lowest BCUT2D eigenvalue weighted by molar-refractivity contribution is -0.195. The molecule has 0 heterocycles. The monoisotopic (exact) mass is 689 g/mol. The van der Waals surface area contributed by atoms with Crippen molar-refractivity contribution in [2.75, 3.05) is 6.61 Å². The minimum atomic E-state index is -5.08. The summed E-state index contributed by atoms with van der Waals surface area (Å²) in [6.07, 6.45) is 11.3. The van der Waals surface area contributed by atoms with E-state index in [1.807, 2.05) is 6.92 Å². The zero-order valence-electron chi connectivity index (χ0n) is 30.8. The van der Waals surface area contributed by atoms with E-state index in [1.54, 1.807) is 5.57 Å². The van der Waals surface area contributed by atoms with Gasteiger partial charge in [0, 0.05) is 12.0 Å². The smallest absolute Gasteiger partial charge is 0.475 e. The molecule has 6 rings (SSSR count). The van der Waals surface area contributed by atoms with Crippen LogP contribution < -0.4 is 5.73 Å². The Bertz CT molecular complexity index is 1470. The highest BCUT2D eigenvalue weighted by molar-refractivity contribution is 6.01. The third-order valence-corrected chi connectivity index (χ3v) is 14.7. The number of aliphatic carboxylic acids is 1. The molecule has 0 bridgehead atoms. The van der Waals surface area contributed by atoms with E-state index in [0.29, 0.717) is 36.6 Å². The topological polar surface area (TPSA) is 107 Å². The summed E-state index contributed by atoms with van der Waals surface area (Å²) >= 11 is 0. The number of nitrogens with two attached hydrogens (primary N) is 1. The van der Waals surface area contributed by atoms with Gasteiger partial charge in [-0.3, -0.25) is 9.59 Å². The molecule has 0 aliphatic heterocycles. The Morgan fingerprint density at radius 2 is 1.63 bits per heavy atom. The quantitative estimate of drug-likeness (QED) is 0.285. The number of alkyl halides is 3. The number of allylic oxidation sites excluding steroid dienone is 5. The maximum absolute atomic E-state index is 13.3. The molecule has 3 N–H and O–H groups in total. The van der Waals surface area contributed by atoms with Crippen LogP contribution in [0, 0.1) is 51.2 Å². The van der Waals surface area contributed by atoms with E-state index in [0.717, 1.165) is 44.1 Å². The number of ether oxygens (including phenoxy) is 1. The van der Waals surface area contributed by atoms with E-state index in [-0.39, 0.29) is 39.5 Å². The molecule has 8 atom stereocenters. The van der Waals surface area contributed by atoms with E-state index in [9.17, 15) is 22.8 Å². The van der Waals surface area contributed by atoms with Crippen LogP contribution in [0.25, 0.3) is 0 Å². The predicted molar refractivity (Wildman–Crippen MR) is 183 cm³/mol. The SMILES string of the molecule is CCOC(=O)C1CC=C(C2=CC[C@]3(C)[C@H]4CC[C@@H]5C6=C(C(C)C)C(=O)C[C@]6(N)CC[C@@]5(C)[C@]4(C)CC[C@H]3C2(C)C)CC1.O=C(O)C(F)(F)F. The molecule has 0 radical (unpaired) electrons. The van der Waals surface area contributed by atoms with Crippen LogP contribution in [0.3, 0.4) is 0 Å². The van der Waals surface area contributed by atoms with Crippen molar-refractivity contribution in [2.24, 2.45) is 57.0 Å². The summed E-state index contributed by atoms with van der Waals surface area (Å²) in [6, 6.07) is 0. The highest BCUT2D eigenvalue weighted by Crippen LogP contribution is 2.75. The van der Waals surface area contributed by atoms with E-state index in [4.69, 9.17) is 20.4 Å². The van der Waals surface area contributed by atoms with Gasteiger partial charge < -0.3 is 15.6 Å². The fourth-order valence-electron chi connectivity index (χ4n) is 12.3. The van der Waals surface area contributed by atoms with Crippen LogP contribution in [0.2, 0.25) is 0 Å². The van der Waals surface area contributed by atoms with Crippen molar-refractivity contribution in [1.82, 2.24) is 0 Å². The third kappa shape index (κ3) is 5.95. The number of Topliss-reactive ketones (excluding diaryl/α,β-unsaturated/α-hetero) is 1. The first-order chi connectivity index (χ1) is 22.6. The summed E-state index contributed by atoms with van der Waals surface area (Å²) in [5, 5.41) is 7.12. The molecule has 0 aromatic heterocycles. The molecular formula is C40H58F3NO5. The number of carbonyl (C=O) groups excluding carboxylic acids is 2. The Hall–Kier alpha value is -2.42. The number of halogens is 3. The number of carboxylic acids is 1. The first-order valence-electron chi connectivity index (χ1n) is 18.5. The van der Waals surface area contributed by atoms with Crippen LogP contribution in [0.4, 0.5) is 13.2 Å². The van der Waals surface area contributed by atoms with Crippen LogP contribution >= 0.6 is 0 Å². The van der Waals surface area contributed by atoms with Gasteiger partial charge in [0.15, 0.2) is 5.78 Å². The molecule has 9 heteroatoms. The molecule has 1 unspecified atom stereocenters. The molecule has 0 saturated heterocycles. The number of esters is 1. The minimum Gasteiger partial charge on any atom is -0.475 e. The summed E-state index contributed by atoms with van der Waals surface area (Å²) < 4.78 is 37.1. The number of carboxylic acid groups (broad SMARTS) is 1. The molecule has 0 aromatic carbocycles. The van der Waals surface area contributed by atoms with Crippen molar-refractivity contribution in [2.45, 2.75) is 138 Å². The first-order valence-corrected chi connectivity index (χ1v) is 18.5. The Morgan fingerprint density at radius 1 is 0.980 bits per heavy atom. The second-order valence-electron chi connectivity index (χ2n) is 17.7. The van der Waals surface area contributed by atoms with Gasteiger partial charge in [-0.1, -0.05) is 60.6 Å². The standard InChI is InChI=1S/C38H57NO3.C2HF3O2/c1-9-42-33(41)25-12-10-24(11-13-25)26-16-18-35(6)29(34(26,4)5)17-19-37(8)30(35)15-14-27-32-31(23(2)3)28(40)22-38(32,39)21-20-36(27,37)7;3-2(4,5)1(6)7/h10,16,23,25,27,29-30H,9,11-15,17-22,39H2,1-8H3;(H,6,7)/t25?,27-,29+,30-,35+,36-,37-,38-;/m1./s1. The molecule has 49 heavy (non-hydrogen) atoms. The Morgan fingerprint density at radius 3 is 2.18 bits per heavy atom. The third-order valence-electron chi connectivity index (χ3n) is 14.7. The van der Waals surface area contributed by atoms with Gasteiger partial charge in [-0.15, -0.1) is 0 Å². The summed E-state index contributed by atoms with van der Waals surface area (Å²) in [6.45, 7) is 19.7. The van der Waals surface area contributed by atoms with Crippen molar-refractivity contribution in [3.05, 3.63) is 34.4 Å². The molecular weight excluding hydrogens is 631 g/mol. The first kappa shape index (κ1) is 37.8. The van der Waals surface area contributed by atoms with Gasteiger partial charge in [0.2, 0.25) is 0 Å². The van der Waals surface area contributed by atoms with E-state index < -0.39 is 17.7 Å². The van der Waals surface area contributed by atoms with Gasteiger partial charge in [-0.05, 0) is 139 Å². The summed E-state index contributed by atoms with van der Waals surface area (Å²) in [5.74, 6) is -0.446. The Kier molecular flexibility index (Phi) is 9.77. The fraction of sp³-hybridized carbons (Fsp3) is 0.775. The highest BCUT2D eigenvalue weighted by Gasteiger charge is 2.69. The maximum Gasteiger partial charge on any atom is 0.490 e. The van der Waals surface area contributed by atoms with Crippen LogP contribution in [0.1, 0.15) is 126 Å². The van der Waals surface area contributed by atoms with Crippen LogP contribution in [-0.2, 0) is 19.1 Å². The zero-order chi connectivity index (χ0) is 36.5. The summed E-state index contributed by atoms with van der Waals surface area (Å²) in [4.78, 5) is 34.6. The summed E-state index contributed by atoms with van der Waals surface area (Å²) in [7, 11) is 0. The number of hydrogen-bond donors (Lipinski definition) is 2. The van der Waals surface area contributed by atoms with Crippen molar-refractivity contribution >= 4 is 17.7 Å². The lowest BCUT2D eigenvalue weighted by Crippen LogP contribution is -2.65. The molecule has 6 aliphatic rings. The maximum atomic E-state index is 13.3. The van der Waals surface area contributed by atoms with Gasteiger partial charge in [-0.2, -0.15) is 13.2 Å². The van der Waals surface area contributed by atoms with E-state index >= 15 is 0 Å². The highest BCUT2D eigenvalue weighted by atomic mass is 19.4. The number of carbonyl (C=O) groups is 3. The van der Waals surface area contributed by atoms with Crippen LogP contribution in [-0.4, -0.2) is 41.2 Å². The van der Waals surface area contributed by atoms with E-state index in [1.165, 1.54) is 36.8 Å². The fourth-order valence-corrected chi connectivity index (χ4v) is 12.3. The molecule has 6 aliphatic carbocycles. The molecule has 0 aromatic rings. The van der Waals surface area contributed by atoms with Crippen molar-refractivity contribution < 1.29 is 37.4 Å². The Labute approximate surface area is 290 Å². The molecule has 0 spiro atoms. The Balaban J connectivity index is 0.000000606. The van der Waals surface area contributed by atoms with Crippen molar-refractivity contribution in [1.29, 1.82) is 0 Å². The average Bonchev–Trinajstić information content (AvgIpc) is 3.27. The van der Waals surface area contributed by atoms with Crippen LogP contribution in [0.5, 0.6) is 0 Å². The molecule has 3 saturated carbocycles. The minimum absolute atomic E-state index is 0.0156. The number of hydrogen-bond acceptors (Lipinski definition) is 5. The second kappa shape index (κ2) is 12.7. The normalized spacial score (nSPS) is 39.7. The summed E-state index contributed by atoms with van der Waals surface area (Å²) in [5.41, 5.74) is 13.0. The van der Waals surface area contributed by atoms with Crippen LogP contribution in [0.15, 0.2) is 34.4 Å². The van der Waals surface area contributed by atoms with Gasteiger partial charge in [-0.25, -0.2) is 4.79 Å². The second-order valence-corrected chi connectivity index (χ2v) is 17.7. The van der Waals surface area contributed by atoms with Gasteiger partial charge in [0.05, 0.1) is 12.5 Å². The number of rotatable bonds is 4. The molecule has 3 fully saturated rings. The van der Waals surface area contributed by atoms with Crippen molar-refractivity contribution in [3.8, 4) is 0 Å². The largest absolute Gasteiger partial charge is 0.490 e. The van der Waals surface area contributed by atoms with Crippen molar-refractivity contribution in [3.63, 3.8) is 0 Å². The predicted octanol–water partition coefficient (Wildman–Crippen LogP) is 9.14. The lowest BCUT2D eigenvalue weighted by atomic mass is 9.33. The van der Waals surface area contributed by atoms with E-state index in [2.05, 4.69) is 60.6 Å². The molecule has 6 nitrogen and oxygen atoms in total. The number of fused-ring (bicyclic) bond motifs is 7.